The largest absolute Gasteiger partial charge is 0.489 e. The summed E-state index contributed by atoms with van der Waals surface area (Å²) in [6.45, 7) is 3.25. The number of aryl methyl sites for hydroxylation is 1. The number of aliphatic hydroxyl groups is 1. The van der Waals surface area contributed by atoms with Gasteiger partial charge >= 0.3 is 0 Å². The van der Waals surface area contributed by atoms with Crippen LogP contribution in [0.1, 0.15) is 60.8 Å². The van der Waals surface area contributed by atoms with Crippen LogP contribution in [0.4, 0.5) is 0 Å². The van der Waals surface area contributed by atoms with Gasteiger partial charge in [-0.15, -0.1) is 0 Å². The standard InChI is InChI=1S/C32H36N2O3/c1-32-14-13-26-25-12-10-24(37-20-21-6-3-2-4-7-21)16-23(25)9-11-27(26)29(32)17-28(30(32)35)31(36)34-19-22-8-5-15-33-18-22/h2-8,10,12,15-16,18,26-30,35H,9,11,13-14,17,19-20H2,1H3,(H,34,36). The molecule has 6 rings (SSSR count). The van der Waals surface area contributed by atoms with Crippen LogP contribution in [0, 0.1) is 23.2 Å². The summed E-state index contributed by atoms with van der Waals surface area (Å²) in [5.41, 5.74) is 4.80. The second kappa shape index (κ2) is 9.94. The topological polar surface area (TPSA) is 71.5 Å². The molecule has 5 nitrogen and oxygen atoms in total. The number of benzene rings is 2. The number of carbonyl (C=O) groups is 1. The van der Waals surface area contributed by atoms with Crippen LogP contribution in [-0.4, -0.2) is 22.1 Å². The number of rotatable bonds is 6. The summed E-state index contributed by atoms with van der Waals surface area (Å²) >= 11 is 0. The fourth-order valence-electron chi connectivity index (χ4n) is 7.48. The molecule has 2 aromatic carbocycles. The van der Waals surface area contributed by atoms with Crippen LogP contribution in [0.25, 0.3) is 0 Å². The Morgan fingerprint density at radius 1 is 1.11 bits per heavy atom. The van der Waals surface area contributed by atoms with Crippen molar-refractivity contribution in [2.75, 3.05) is 0 Å². The molecule has 5 heteroatoms. The maximum atomic E-state index is 13.2. The zero-order chi connectivity index (χ0) is 25.4. The van der Waals surface area contributed by atoms with Gasteiger partial charge in [0.1, 0.15) is 12.4 Å². The molecule has 0 radical (unpaired) electrons. The molecule has 0 spiro atoms. The number of ether oxygens (including phenoxy) is 1. The smallest absolute Gasteiger partial charge is 0.226 e. The molecule has 0 aliphatic heterocycles. The molecular weight excluding hydrogens is 460 g/mol. The first kappa shape index (κ1) is 24.2. The lowest BCUT2D eigenvalue weighted by atomic mass is 9.55. The van der Waals surface area contributed by atoms with Crippen LogP contribution < -0.4 is 10.1 Å². The van der Waals surface area contributed by atoms with E-state index in [9.17, 15) is 9.90 Å². The molecule has 2 N–H and O–H groups in total. The van der Waals surface area contributed by atoms with Gasteiger partial charge < -0.3 is 15.2 Å². The molecule has 0 saturated heterocycles. The van der Waals surface area contributed by atoms with Crippen molar-refractivity contribution in [2.45, 2.75) is 64.2 Å². The molecule has 1 heterocycles. The summed E-state index contributed by atoms with van der Waals surface area (Å²) in [7, 11) is 0. The van der Waals surface area contributed by atoms with E-state index < -0.39 is 6.10 Å². The molecule has 0 bridgehead atoms. The fourth-order valence-corrected chi connectivity index (χ4v) is 7.48. The molecule has 3 aromatic rings. The highest BCUT2D eigenvalue weighted by molar-refractivity contribution is 5.80. The monoisotopic (exact) mass is 496 g/mol. The number of hydrogen-bond donors (Lipinski definition) is 2. The summed E-state index contributed by atoms with van der Waals surface area (Å²) in [5, 5.41) is 14.5. The average molecular weight is 497 g/mol. The molecular formula is C32H36N2O3. The molecule has 2 saturated carbocycles. The van der Waals surface area contributed by atoms with Crippen LogP contribution in [0.15, 0.2) is 73.1 Å². The minimum atomic E-state index is -0.595. The van der Waals surface area contributed by atoms with E-state index in [-0.39, 0.29) is 17.2 Å². The molecule has 3 aliphatic carbocycles. The Morgan fingerprint density at radius 2 is 1.95 bits per heavy atom. The lowest BCUT2D eigenvalue weighted by Crippen LogP contribution is -2.45. The Bertz CT molecular complexity index is 1250. The Hall–Kier alpha value is -3.18. The first-order valence-electron chi connectivity index (χ1n) is 13.7. The van der Waals surface area contributed by atoms with Crippen LogP contribution in [0.3, 0.4) is 0 Å². The number of nitrogens with one attached hydrogen (secondary N) is 1. The number of pyridine rings is 1. The third-order valence-electron chi connectivity index (χ3n) is 9.47. The number of aliphatic hydroxyl groups excluding tert-OH is 1. The van der Waals surface area contributed by atoms with Gasteiger partial charge in [0.15, 0.2) is 0 Å². The van der Waals surface area contributed by atoms with Crippen molar-refractivity contribution >= 4 is 5.91 Å². The molecule has 1 amide bonds. The molecule has 3 aliphatic rings. The minimum Gasteiger partial charge on any atom is -0.489 e. The second-order valence-corrected chi connectivity index (χ2v) is 11.5. The van der Waals surface area contributed by atoms with E-state index in [1.807, 2.05) is 30.3 Å². The van der Waals surface area contributed by atoms with Crippen molar-refractivity contribution in [2.24, 2.45) is 23.2 Å². The molecule has 6 atom stereocenters. The SMILES string of the molecule is CC12CCC3c4ccc(OCc5ccccc5)cc4CCC3C1CC(C(=O)NCc1cccnc1)C2O. The van der Waals surface area contributed by atoms with Crippen LogP contribution in [0.5, 0.6) is 5.75 Å². The van der Waals surface area contributed by atoms with Gasteiger partial charge in [0.25, 0.3) is 0 Å². The van der Waals surface area contributed by atoms with Crippen LogP contribution in [0.2, 0.25) is 0 Å². The molecule has 2 fully saturated rings. The van der Waals surface area contributed by atoms with Gasteiger partial charge in [-0.25, -0.2) is 0 Å². The quantitative estimate of drug-likeness (QED) is 0.478. The van der Waals surface area contributed by atoms with Gasteiger partial charge in [0.05, 0.1) is 12.0 Å². The minimum absolute atomic E-state index is 0.0278. The third-order valence-corrected chi connectivity index (χ3v) is 9.47. The van der Waals surface area contributed by atoms with E-state index in [4.69, 9.17) is 4.74 Å². The summed E-state index contributed by atoms with van der Waals surface area (Å²) in [4.78, 5) is 17.3. The Balaban J connectivity index is 1.15. The zero-order valence-corrected chi connectivity index (χ0v) is 21.5. The van der Waals surface area contributed by atoms with E-state index >= 15 is 0 Å². The zero-order valence-electron chi connectivity index (χ0n) is 21.5. The number of carbonyl (C=O) groups excluding carboxylic acids is 1. The predicted molar refractivity (Wildman–Crippen MR) is 143 cm³/mol. The highest BCUT2D eigenvalue weighted by Crippen LogP contribution is 2.62. The Labute approximate surface area is 219 Å². The summed E-state index contributed by atoms with van der Waals surface area (Å²) < 4.78 is 6.11. The first-order chi connectivity index (χ1) is 18.0. The molecule has 6 unspecified atom stereocenters. The Morgan fingerprint density at radius 3 is 2.76 bits per heavy atom. The van der Waals surface area contributed by atoms with E-state index in [1.54, 1.807) is 12.4 Å². The maximum Gasteiger partial charge on any atom is 0.226 e. The van der Waals surface area contributed by atoms with Crippen molar-refractivity contribution < 1.29 is 14.6 Å². The van der Waals surface area contributed by atoms with E-state index in [2.05, 4.69) is 47.6 Å². The lowest BCUT2D eigenvalue weighted by Gasteiger charge is -2.50. The normalized spacial score (nSPS) is 30.1. The number of aromatic nitrogens is 1. The third kappa shape index (κ3) is 4.54. The number of hydrogen-bond acceptors (Lipinski definition) is 4. The highest BCUT2D eigenvalue weighted by atomic mass is 16.5. The number of amides is 1. The second-order valence-electron chi connectivity index (χ2n) is 11.5. The number of fused-ring (bicyclic) bond motifs is 5. The van der Waals surface area contributed by atoms with Gasteiger partial charge in [-0.1, -0.05) is 49.4 Å². The van der Waals surface area contributed by atoms with Gasteiger partial charge in [0.2, 0.25) is 5.91 Å². The van der Waals surface area contributed by atoms with Crippen molar-refractivity contribution in [3.63, 3.8) is 0 Å². The van der Waals surface area contributed by atoms with Gasteiger partial charge in [-0.3, -0.25) is 9.78 Å². The van der Waals surface area contributed by atoms with E-state index in [1.165, 1.54) is 16.7 Å². The van der Waals surface area contributed by atoms with E-state index in [0.29, 0.717) is 30.9 Å². The van der Waals surface area contributed by atoms with Crippen molar-refractivity contribution in [3.05, 3.63) is 95.3 Å². The fraction of sp³-hybridized carbons (Fsp3) is 0.438. The predicted octanol–water partition coefficient (Wildman–Crippen LogP) is 5.42. The van der Waals surface area contributed by atoms with E-state index in [0.717, 1.165) is 43.4 Å². The average Bonchev–Trinajstić information content (AvgIpc) is 3.22. The van der Waals surface area contributed by atoms with Crippen molar-refractivity contribution in [1.29, 1.82) is 0 Å². The molecule has 37 heavy (non-hydrogen) atoms. The lowest BCUT2D eigenvalue weighted by molar-refractivity contribution is -0.129. The summed E-state index contributed by atoms with van der Waals surface area (Å²) in [6, 6.07) is 20.7. The van der Waals surface area contributed by atoms with Gasteiger partial charge in [-0.05, 0) is 95.7 Å². The summed E-state index contributed by atoms with van der Waals surface area (Å²) in [6.07, 6.45) is 7.83. The van der Waals surface area contributed by atoms with Gasteiger partial charge in [-0.2, -0.15) is 0 Å². The molecule has 192 valence electrons. The van der Waals surface area contributed by atoms with Crippen LogP contribution >= 0.6 is 0 Å². The maximum absolute atomic E-state index is 13.2. The van der Waals surface area contributed by atoms with Crippen molar-refractivity contribution in [3.8, 4) is 5.75 Å². The highest BCUT2D eigenvalue weighted by Gasteiger charge is 2.59. The Kier molecular flexibility index (Phi) is 6.49. The van der Waals surface area contributed by atoms with Gasteiger partial charge in [0, 0.05) is 18.9 Å². The molecule has 1 aromatic heterocycles. The van der Waals surface area contributed by atoms with Crippen molar-refractivity contribution in [1.82, 2.24) is 10.3 Å². The van der Waals surface area contributed by atoms with Crippen LogP contribution in [-0.2, 0) is 24.4 Å². The summed E-state index contributed by atoms with van der Waals surface area (Å²) in [5.74, 6) is 1.92. The first-order valence-corrected chi connectivity index (χ1v) is 13.7. The number of nitrogens with zero attached hydrogens (tertiary/aromatic N) is 1.